The number of nitrogens with zero attached hydrogens (tertiary/aromatic N) is 1. The topological polar surface area (TPSA) is 20.3 Å². The van der Waals surface area contributed by atoms with E-state index >= 15 is 0 Å². The van der Waals surface area contributed by atoms with E-state index in [1.807, 2.05) is 36.4 Å². The second-order valence-electron chi connectivity index (χ2n) is 5.32. The molecule has 0 aromatic heterocycles. The number of benzene rings is 2. The lowest BCUT2D eigenvalue weighted by Crippen LogP contribution is -2.37. The van der Waals surface area contributed by atoms with Gasteiger partial charge >= 0.3 is 0 Å². The molecular weight excluding hydrogens is 317 g/mol. The number of fused-ring (bicyclic) bond motifs is 1. The van der Waals surface area contributed by atoms with Crippen LogP contribution in [-0.4, -0.2) is 17.4 Å². The molecule has 0 bridgehead atoms. The third kappa shape index (κ3) is 2.65. The standard InChI is InChI=1S/C18H15Cl2NO/c1-2-16(22)21-10-13-8-9-15(19)18(20)17(13)14(11-21)12-6-4-3-5-7-12/h2-9,14H,1,10-11H2/t14-/m1/s1. The first-order valence-corrected chi connectivity index (χ1v) is 7.80. The fourth-order valence-electron chi connectivity index (χ4n) is 2.96. The Morgan fingerprint density at radius 3 is 2.59 bits per heavy atom. The molecule has 2 aromatic rings. The molecule has 1 aliphatic rings. The van der Waals surface area contributed by atoms with E-state index in [0.717, 1.165) is 16.7 Å². The minimum absolute atomic E-state index is 0.0139. The molecular formula is C18H15Cl2NO. The van der Waals surface area contributed by atoms with Crippen LogP contribution < -0.4 is 0 Å². The fourth-order valence-corrected chi connectivity index (χ4v) is 3.44. The molecule has 22 heavy (non-hydrogen) atoms. The first kappa shape index (κ1) is 15.1. The molecule has 0 spiro atoms. The van der Waals surface area contributed by atoms with Gasteiger partial charge in [0.2, 0.25) is 5.91 Å². The second-order valence-corrected chi connectivity index (χ2v) is 6.11. The molecule has 4 heteroatoms. The molecule has 1 heterocycles. The van der Waals surface area contributed by atoms with Crippen molar-refractivity contribution < 1.29 is 4.79 Å². The zero-order chi connectivity index (χ0) is 15.7. The molecule has 0 fully saturated rings. The molecule has 0 saturated heterocycles. The molecule has 0 N–H and O–H groups in total. The van der Waals surface area contributed by atoms with E-state index in [2.05, 4.69) is 6.58 Å². The lowest BCUT2D eigenvalue weighted by molar-refractivity contribution is -0.127. The minimum Gasteiger partial charge on any atom is -0.334 e. The molecule has 2 nitrogen and oxygen atoms in total. The average Bonchev–Trinajstić information content (AvgIpc) is 2.57. The summed E-state index contributed by atoms with van der Waals surface area (Å²) in [6.07, 6.45) is 1.35. The first-order valence-electron chi connectivity index (χ1n) is 7.05. The highest BCUT2D eigenvalue weighted by Gasteiger charge is 2.30. The number of carbonyl (C=O) groups is 1. The Kier molecular flexibility index (Phi) is 4.23. The SMILES string of the molecule is C=CC(=O)N1Cc2ccc(Cl)c(Cl)c2[C@@H](c2ccccc2)C1. The lowest BCUT2D eigenvalue weighted by Gasteiger charge is -2.35. The van der Waals surface area contributed by atoms with Gasteiger partial charge < -0.3 is 4.90 Å². The van der Waals surface area contributed by atoms with Crippen molar-refractivity contribution in [2.45, 2.75) is 12.5 Å². The fraction of sp³-hybridized carbons (Fsp3) is 0.167. The van der Waals surface area contributed by atoms with Crippen molar-refractivity contribution in [1.29, 1.82) is 0 Å². The number of halogens is 2. The molecule has 0 radical (unpaired) electrons. The van der Waals surface area contributed by atoms with Crippen LogP contribution in [0, 0.1) is 0 Å². The van der Waals surface area contributed by atoms with Crippen LogP contribution in [0.25, 0.3) is 0 Å². The van der Waals surface area contributed by atoms with Crippen LogP contribution in [-0.2, 0) is 11.3 Å². The van der Waals surface area contributed by atoms with E-state index in [-0.39, 0.29) is 11.8 Å². The monoisotopic (exact) mass is 331 g/mol. The molecule has 1 amide bonds. The highest BCUT2D eigenvalue weighted by molar-refractivity contribution is 6.42. The van der Waals surface area contributed by atoms with E-state index in [1.165, 1.54) is 6.08 Å². The van der Waals surface area contributed by atoms with Crippen LogP contribution in [0.4, 0.5) is 0 Å². The van der Waals surface area contributed by atoms with Gasteiger partial charge in [-0.25, -0.2) is 0 Å². The van der Waals surface area contributed by atoms with E-state index in [9.17, 15) is 4.79 Å². The highest BCUT2D eigenvalue weighted by Crippen LogP contribution is 2.41. The quantitative estimate of drug-likeness (QED) is 0.733. The summed E-state index contributed by atoms with van der Waals surface area (Å²) in [5.74, 6) is -0.0577. The van der Waals surface area contributed by atoms with Crippen LogP contribution >= 0.6 is 23.2 Å². The number of hydrogen-bond donors (Lipinski definition) is 0. The number of hydrogen-bond acceptors (Lipinski definition) is 1. The lowest BCUT2D eigenvalue weighted by atomic mass is 9.84. The zero-order valence-corrected chi connectivity index (χ0v) is 13.4. The predicted molar refractivity (Wildman–Crippen MR) is 90.4 cm³/mol. The normalized spacial score (nSPS) is 17.0. The highest BCUT2D eigenvalue weighted by atomic mass is 35.5. The van der Waals surface area contributed by atoms with E-state index in [0.29, 0.717) is 23.1 Å². The Bertz CT molecular complexity index is 727. The predicted octanol–water partition coefficient (Wildman–Crippen LogP) is 4.65. The van der Waals surface area contributed by atoms with Crippen molar-refractivity contribution in [3.05, 3.63) is 81.9 Å². The average molecular weight is 332 g/mol. The van der Waals surface area contributed by atoms with Crippen molar-refractivity contribution in [3.63, 3.8) is 0 Å². The van der Waals surface area contributed by atoms with Gasteiger partial charge in [-0.2, -0.15) is 0 Å². The zero-order valence-electron chi connectivity index (χ0n) is 11.9. The molecule has 2 aromatic carbocycles. The number of carbonyl (C=O) groups excluding carboxylic acids is 1. The molecule has 0 aliphatic carbocycles. The molecule has 3 rings (SSSR count). The maximum atomic E-state index is 12.1. The van der Waals surface area contributed by atoms with Crippen LogP contribution in [0.1, 0.15) is 22.6 Å². The Hall–Kier alpha value is -1.77. The Labute approximate surface area is 140 Å². The van der Waals surface area contributed by atoms with Crippen LogP contribution in [0.5, 0.6) is 0 Å². The van der Waals surface area contributed by atoms with E-state index < -0.39 is 0 Å². The summed E-state index contributed by atoms with van der Waals surface area (Å²) in [7, 11) is 0. The van der Waals surface area contributed by atoms with Gasteiger partial charge in [-0.05, 0) is 28.8 Å². The smallest absolute Gasteiger partial charge is 0.246 e. The van der Waals surface area contributed by atoms with Gasteiger partial charge in [0.15, 0.2) is 0 Å². The first-order chi connectivity index (χ1) is 10.6. The van der Waals surface area contributed by atoms with E-state index in [1.54, 1.807) is 11.0 Å². The summed E-state index contributed by atoms with van der Waals surface area (Å²) in [6, 6.07) is 13.8. The third-order valence-corrected chi connectivity index (χ3v) is 4.84. The van der Waals surface area contributed by atoms with Crippen LogP contribution in [0.3, 0.4) is 0 Å². The van der Waals surface area contributed by atoms with Gasteiger partial charge in [0.1, 0.15) is 0 Å². The Morgan fingerprint density at radius 1 is 1.18 bits per heavy atom. The molecule has 1 aliphatic heterocycles. The number of amides is 1. The number of rotatable bonds is 2. The summed E-state index contributed by atoms with van der Waals surface area (Å²) < 4.78 is 0. The van der Waals surface area contributed by atoms with Crippen molar-refractivity contribution in [1.82, 2.24) is 4.90 Å². The van der Waals surface area contributed by atoms with Gasteiger partial charge in [0.25, 0.3) is 0 Å². The summed E-state index contributed by atoms with van der Waals surface area (Å²) in [4.78, 5) is 13.8. The molecule has 0 saturated carbocycles. The summed E-state index contributed by atoms with van der Waals surface area (Å²) in [5.41, 5.74) is 3.17. The third-order valence-electron chi connectivity index (χ3n) is 4.02. The molecule has 1 atom stereocenters. The van der Waals surface area contributed by atoms with Crippen molar-refractivity contribution >= 4 is 29.1 Å². The second kappa shape index (κ2) is 6.15. The van der Waals surface area contributed by atoms with Gasteiger partial charge in [-0.15, -0.1) is 0 Å². The Morgan fingerprint density at radius 2 is 1.91 bits per heavy atom. The maximum absolute atomic E-state index is 12.1. The van der Waals surface area contributed by atoms with Crippen molar-refractivity contribution in [3.8, 4) is 0 Å². The summed E-state index contributed by atoms with van der Waals surface area (Å²) in [5, 5.41) is 1.13. The molecule has 112 valence electrons. The largest absolute Gasteiger partial charge is 0.334 e. The van der Waals surface area contributed by atoms with E-state index in [4.69, 9.17) is 23.2 Å². The summed E-state index contributed by atoms with van der Waals surface area (Å²) in [6.45, 7) is 4.68. The Balaban J connectivity index is 2.14. The van der Waals surface area contributed by atoms with Crippen molar-refractivity contribution in [2.24, 2.45) is 0 Å². The van der Waals surface area contributed by atoms with Crippen LogP contribution in [0.15, 0.2) is 55.1 Å². The minimum atomic E-state index is -0.0716. The van der Waals surface area contributed by atoms with Gasteiger partial charge in [-0.1, -0.05) is 66.2 Å². The van der Waals surface area contributed by atoms with Gasteiger partial charge in [0.05, 0.1) is 10.0 Å². The van der Waals surface area contributed by atoms with Crippen molar-refractivity contribution in [2.75, 3.05) is 6.54 Å². The molecule has 0 unspecified atom stereocenters. The van der Waals surface area contributed by atoms with Crippen LogP contribution in [0.2, 0.25) is 10.0 Å². The summed E-state index contributed by atoms with van der Waals surface area (Å²) >= 11 is 12.7. The van der Waals surface area contributed by atoms with Gasteiger partial charge in [-0.3, -0.25) is 4.79 Å². The van der Waals surface area contributed by atoms with Gasteiger partial charge in [0, 0.05) is 19.0 Å². The maximum Gasteiger partial charge on any atom is 0.246 e.